The number of ether oxygens (including phenoxy) is 1. The van der Waals surface area contributed by atoms with Crippen molar-refractivity contribution in [2.75, 3.05) is 14.1 Å². The number of aromatic nitrogens is 1. The fourth-order valence-electron chi connectivity index (χ4n) is 2.81. The molecule has 2 heterocycles. The van der Waals surface area contributed by atoms with Gasteiger partial charge >= 0.3 is 18.1 Å². The van der Waals surface area contributed by atoms with E-state index >= 15 is 0 Å². The Hall–Kier alpha value is -3.91. The van der Waals surface area contributed by atoms with E-state index in [2.05, 4.69) is 6.07 Å². The number of carbonyl (C=O) groups excluding carboxylic acids is 1. The molecule has 0 saturated carbocycles. The molecule has 0 unspecified atom stereocenters. The van der Waals surface area contributed by atoms with Crippen LogP contribution >= 0.6 is 0 Å². The minimum atomic E-state index is -5.08. The zero-order valence-corrected chi connectivity index (χ0v) is 17.6. The van der Waals surface area contributed by atoms with Gasteiger partial charge in [0.2, 0.25) is 0 Å². The molecule has 0 aliphatic rings. The number of alkyl halides is 3. The summed E-state index contributed by atoms with van der Waals surface area (Å²) >= 11 is 0. The van der Waals surface area contributed by atoms with E-state index in [1.54, 1.807) is 6.20 Å². The predicted octanol–water partition coefficient (Wildman–Crippen LogP) is 4.00. The Bertz CT molecular complexity index is 1200. The average Bonchev–Trinajstić information content (AvgIpc) is 3.10. The van der Waals surface area contributed by atoms with Crippen LogP contribution in [0.1, 0.15) is 27.0 Å². The van der Waals surface area contributed by atoms with E-state index in [9.17, 15) is 27.6 Å². The highest BCUT2D eigenvalue weighted by Crippen LogP contribution is 2.20. The minimum absolute atomic E-state index is 0.0240. The van der Waals surface area contributed by atoms with Gasteiger partial charge in [0.05, 0.1) is 16.6 Å². The van der Waals surface area contributed by atoms with Gasteiger partial charge in [-0.05, 0) is 44.4 Å². The summed E-state index contributed by atoms with van der Waals surface area (Å²) in [5, 5.41) is 16.5. The molecular weight excluding hydrogens is 446 g/mol. The third kappa shape index (κ3) is 6.78. The van der Waals surface area contributed by atoms with Gasteiger partial charge in [0.15, 0.2) is 0 Å². The number of nitriles is 1. The zero-order valence-electron chi connectivity index (χ0n) is 17.6. The Morgan fingerprint density at radius 1 is 1.18 bits per heavy atom. The summed E-state index contributed by atoms with van der Waals surface area (Å²) in [5.74, 6) is -3.67. The lowest BCUT2D eigenvalue weighted by Gasteiger charge is -2.12. The lowest BCUT2D eigenvalue weighted by atomic mass is 10.1. The van der Waals surface area contributed by atoms with Gasteiger partial charge < -0.3 is 19.1 Å². The second kappa shape index (κ2) is 10.6. The first-order valence-electron chi connectivity index (χ1n) is 9.33. The van der Waals surface area contributed by atoms with E-state index in [0.717, 1.165) is 5.52 Å². The van der Waals surface area contributed by atoms with E-state index < -0.39 is 18.1 Å². The summed E-state index contributed by atoms with van der Waals surface area (Å²) in [6.45, 7) is 0.361. The minimum Gasteiger partial charge on any atom is -0.475 e. The van der Waals surface area contributed by atoms with Crippen LogP contribution in [0.5, 0.6) is 0 Å². The van der Waals surface area contributed by atoms with Crippen LogP contribution in [0.2, 0.25) is 0 Å². The molecule has 0 radical (unpaired) electrons. The molecule has 1 N–H and O–H groups in total. The van der Waals surface area contributed by atoms with Crippen molar-refractivity contribution in [3.8, 4) is 6.07 Å². The van der Waals surface area contributed by atoms with Gasteiger partial charge in [-0.2, -0.15) is 18.4 Å². The summed E-state index contributed by atoms with van der Waals surface area (Å²) in [6.07, 6.45) is -1.49. The Balaban J connectivity index is 0.000000479. The first-order valence-corrected chi connectivity index (χ1v) is 9.33. The third-order valence-electron chi connectivity index (χ3n) is 4.24. The van der Waals surface area contributed by atoms with E-state index in [0.29, 0.717) is 23.2 Å². The first kappa shape index (κ1) is 25.4. The fraction of sp³-hybridized carbons (Fsp3) is 0.227. The molecule has 0 aliphatic carbocycles. The van der Waals surface area contributed by atoms with Crippen molar-refractivity contribution in [2.24, 2.45) is 0 Å². The highest BCUT2D eigenvalue weighted by molar-refractivity contribution is 5.89. The Kier molecular flexibility index (Phi) is 8.15. The first-order chi connectivity index (χ1) is 15.4. The smallest absolute Gasteiger partial charge is 0.475 e. The number of aliphatic carboxylic acids is 1. The maximum absolute atomic E-state index is 13.8. The molecule has 2 aromatic heterocycles. The Morgan fingerprint density at radius 3 is 2.42 bits per heavy atom. The number of carboxylic acid groups (broad SMARTS) is 1. The number of carboxylic acids is 1. The zero-order chi connectivity index (χ0) is 24.8. The van der Waals surface area contributed by atoms with E-state index in [-0.39, 0.29) is 18.0 Å². The topological polar surface area (TPSA) is 95.0 Å². The summed E-state index contributed by atoms with van der Waals surface area (Å²) in [7, 11) is 3.65. The Labute approximate surface area is 186 Å². The molecule has 0 aliphatic heterocycles. The number of benzene rings is 1. The number of esters is 1. The molecule has 1 aromatic carbocycles. The third-order valence-corrected chi connectivity index (χ3v) is 4.24. The van der Waals surface area contributed by atoms with E-state index in [1.807, 2.05) is 47.8 Å². The van der Waals surface area contributed by atoms with Crippen LogP contribution in [0.3, 0.4) is 0 Å². The van der Waals surface area contributed by atoms with Crippen LogP contribution in [0.15, 0.2) is 48.8 Å². The van der Waals surface area contributed by atoms with Gasteiger partial charge in [-0.1, -0.05) is 6.07 Å². The molecule has 0 amide bonds. The van der Waals surface area contributed by atoms with Gasteiger partial charge in [0.25, 0.3) is 0 Å². The summed E-state index contributed by atoms with van der Waals surface area (Å²) in [5.41, 5.74) is 2.58. The summed E-state index contributed by atoms with van der Waals surface area (Å²) in [4.78, 5) is 23.0. The van der Waals surface area contributed by atoms with Crippen LogP contribution in [0, 0.1) is 17.1 Å². The van der Waals surface area contributed by atoms with Crippen LogP contribution in [0.25, 0.3) is 5.52 Å². The van der Waals surface area contributed by atoms with Crippen molar-refractivity contribution < 1.29 is 37.0 Å². The second-order valence-electron chi connectivity index (χ2n) is 7.06. The van der Waals surface area contributed by atoms with Crippen molar-refractivity contribution in [3.05, 3.63) is 76.9 Å². The normalized spacial score (nSPS) is 11.0. The van der Waals surface area contributed by atoms with Gasteiger partial charge in [0.1, 0.15) is 18.5 Å². The van der Waals surface area contributed by atoms with Crippen molar-refractivity contribution in [1.82, 2.24) is 9.30 Å². The summed E-state index contributed by atoms with van der Waals surface area (Å²) < 4.78 is 52.7. The lowest BCUT2D eigenvalue weighted by Crippen LogP contribution is -2.21. The standard InChI is InChI=1S/C20H18FN3O2.C2HF3O2/c1-23(2)11-15-9-14(6-7-18(15)21)20(25)26-13-16-12-24-8-4-3-5-19(24)17(16)10-22;3-2(4,5)1(6)7/h3-9,12H,11,13H2,1-2H3;(H,6,7). The summed E-state index contributed by atoms with van der Waals surface area (Å²) in [6, 6.07) is 11.9. The maximum atomic E-state index is 13.8. The number of fused-ring (bicyclic) bond motifs is 1. The lowest BCUT2D eigenvalue weighted by molar-refractivity contribution is -0.192. The quantitative estimate of drug-likeness (QED) is 0.452. The van der Waals surface area contributed by atoms with Crippen molar-refractivity contribution >= 4 is 17.5 Å². The van der Waals surface area contributed by atoms with Crippen LogP contribution < -0.4 is 0 Å². The molecular formula is C22H19F4N3O4. The van der Waals surface area contributed by atoms with E-state index in [4.69, 9.17) is 14.6 Å². The molecule has 3 aromatic rings. The van der Waals surface area contributed by atoms with Gasteiger partial charge in [-0.25, -0.2) is 14.0 Å². The number of rotatable bonds is 5. The Morgan fingerprint density at radius 2 is 1.85 bits per heavy atom. The van der Waals surface area contributed by atoms with Crippen molar-refractivity contribution in [1.29, 1.82) is 5.26 Å². The molecule has 7 nitrogen and oxygen atoms in total. The molecule has 0 spiro atoms. The fourth-order valence-corrected chi connectivity index (χ4v) is 2.81. The molecule has 11 heteroatoms. The highest BCUT2D eigenvalue weighted by atomic mass is 19.4. The predicted molar refractivity (Wildman–Crippen MR) is 109 cm³/mol. The van der Waals surface area contributed by atoms with Gasteiger partial charge in [-0.15, -0.1) is 0 Å². The largest absolute Gasteiger partial charge is 0.490 e. The molecule has 33 heavy (non-hydrogen) atoms. The average molecular weight is 465 g/mol. The maximum Gasteiger partial charge on any atom is 0.490 e. The number of hydrogen-bond acceptors (Lipinski definition) is 5. The molecule has 174 valence electrons. The molecule has 0 fully saturated rings. The van der Waals surface area contributed by atoms with E-state index in [1.165, 1.54) is 18.2 Å². The molecule has 0 saturated heterocycles. The van der Waals surface area contributed by atoms with Crippen LogP contribution in [-0.2, 0) is 22.7 Å². The van der Waals surface area contributed by atoms with Gasteiger partial charge in [0, 0.05) is 30.1 Å². The van der Waals surface area contributed by atoms with Crippen molar-refractivity contribution in [2.45, 2.75) is 19.3 Å². The number of halogens is 4. The molecule has 3 rings (SSSR count). The van der Waals surface area contributed by atoms with Gasteiger partial charge in [-0.3, -0.25) is 0 Å². The number of pyridine rings is 1. The van der Waals surface area contributed by atoms with Crippen LogP contribution in [-0.4, -0.2) is 46.6 Å². The molecule has 0 bridgehead atoms. The van der Waals surface area contributed by atoms with Crippen LogP contribution in [0.4, 0.5) is 17.6 Å². The SMILES string of the molecule is CN(C)Cc1cc(C(=O)OCc2cn3ccccc3c2C#N)ccc1F.O=C(O)C(F)(F)F. The van der Waals surface area contributed by atoms with Crippen molar-refractivity contribution in [3.63, 3.8) is 0 Å². The number of nitrogens with zero attached hydrogens (tertiary/aromatic N) is 3. The highest BCUT2D eigenvalue weighted by Gasteiger charge is 2.38. The second-order valence-corrected chi connectivity index (χ2v) is 7.06. The monoisotopic (exact) mass is 465 g/mol. The number of carbonyl (C=O) groups is 2. The molecule has 0 atom stereocenters. The number of hydrogen-bond donors (Lipinski definition) is 1.